The molecule has 2 aliphatic rings. The molecule has 0 bridgehead atoms. The van der Waals surface area contributed by atoms with Crippen molar-refractivity contribution in [1.29, 1.82) is 0 Å². The lowest BCUT2D eigenvalue weighted by atomic mass is 9.96. The Hall–Kier alpha value is -1.23. The molecule has 0 N–H and O–H groups in total. The van der Waals surface area contributed by atoms with Crippen LogP contribution in [0.4, 0.5) is 18.9 Å². The van der Waals surface area contributed by atoms with Gasteiger partial charge < -0.3 is 4.90 Å². The number of fused-ring (bicyclic) bond motifs is 1. The molecule has 110 valence electrons. The number of anilines is 1. The summed E-state index contributed by atoms with van der Waals surface area (Å²) < 4.78 is 41.0. The standard InChI is InChI=1S/C15H19F3N2/c1-10-8-19-5-3-2-4-12(19)9-20(10)15-13(17)6-11(16)7-14(15)18/h6-7,10,12H,2-5,8-9H2,1H3. The van der Waals surface area contributed by atoms with Gasteiger partial charge in [0, 0.05) is 37.3 Å². The normalized spacial score (nSPS) is 27.5. The third-order valence-electron chi connectivity index (χ3n) is 4.46. The minimum atomic E-state index is -0.868. The molecule has 2 nitrogen and oxygen atoms in total. The fourth-order valence-electron chi connectivity index (χ4n) is 3.47. The molecule has 0 aromatic heterocycles. The van der Waals surface area contributed by atoms with Gasteiger partial charge in [-0.3, -0.25) is 4.90 Å². The van der Waals surface area contributed by atoms with Crippen LogP contribution < -0.4 is 4.90 Å². The molecule has 2 fully saturated rings. The maximum Gasteiger partial charge on any atom is 0.152 e. The van der Waals surface area contributed by atoms with Crippen LogP contribution in [0.3, 0.4) is 0 Å². The molecule has 2 saturated heterocycles. The SMILES string of the molecule is CC1CN2CCCCC2CN1c1c(F)cc(F)cc1F. The average molecular weight is 284 g/mol. The summed E-state index contributed by atoms with van der Waals surface area (Å²) in [6, 6.07) is 1.90. The van der Waals surface area contributed by atoms with Crippen LogP contribution in [-0.2, 0) is 0 Å². The molecule has 20 heavy (non-hydrogen) atoms. The highest BCUT2D eigenvalue weighted by atomic mass is 19.1. The summed E-state index contributed by atoms with van der Waals surface area (Å²) >= 11 is 0. The smallest absolute Gasteiger partial charge is 0.152 e. The Morgan fingerprint density at radius 3 is 2.45 bits per heavy atom. The Morgan fingerprint density at radius 2 is 1.75 bits per heavy atom. The third kappa shape index (κ3) is 2.39. The second-order valence-corrected chi connectivity index (χ2v) is 5.86. The predicted molar refractivity (Wildman–Crippen MR) is 72.3 cm³/mol. The monoisotopic (exact) mass is 284 g/mol. The van der Waals surface area contributed by atoms with E-state index in [9.17, 15) is 13.2 Å². The van der Waals surface area contributed by atoms with Gasteiger partial charge >= 0.3 is 0 Å². The van der Waals surface area contributed by atoms with Gasteiger partial charge in [0.2, 0.25) is 0 Å². The van der Waals surface area contributed by atoms with Crippen LogP contribution in [0.5, 0.6) is 0 Å². The molecule has 0 amide bonds. The Labute approximate surface area is 117 Å². The van der Waals surface area contributed by atoms with E-state index in [1.54, 1.807) is 4.90 Å². The molecular weight excluding hydrogens is 265 g/mol. The van der Waals surface area contributed by atoms with Crippen LogP contribution in [0.1, 0.15) is 26.2 Å². The van der Waals surface area contributed by atoms with E-state index >= 15 is 0 Å². The largest absolute Gasteiger partial charge is 0.361 e. The lowest BCUT2D eigenvalue weighted by molar-refractivity contribution is 0.115. The Balaban J connectivity index is 1.90. The summed E-state index contributed by atoms with van der Waals surface area (Å²) in [6.45, 7) is 4.45. The van der Waals surface area contributed by atoms with Gasteiger partial charge in [-0.05, 0) is 26.3 Å². The third-order valence-corrected chi connectivity index (χ3v) is 4.46. The first-order valence-corrected chi connectivity index (χ1v) is 7.21. The van der Waals surface area contributed by atoms with E-state index in [2.05, 4.69) is 4.90 Å². The van der Waals surface area contributed by atoms with Crippen molar-refractivity contribution < 1.29 is 13.2 Å². The number of hydrogen-bond donors (Lipinski definition) is 0. The Bertz CT molecular complexity index is 483. The molecule has 2 atom stereocenters. The lowest BCUT2D eigenvalue weighted by Crippen LogP contribution is -2.59. The molecule has 2 heterocycles. The van der Waals surface area contributed by atoms with Gasteiger partial charge in [-0.15, -0.1) is 0 Å². The molecule has 3 rings (SSSR count). The fourth-order valence-corrected chi connectivity index (χ4v) is 3.47. The number of nitrogens with zero attached hydrogens (tertiary/aromatic N) is 2. The highest BCUT2D eigenvalue weighted by Gasteiger charge is 2.35. The number of rotatable bonds is 1. The topological polar surface area (TPSA) is 6.48 Å². The number of benzene rings is 1. The van der Waals surface area contributed by atoms with Gasteiger partial charge in [0.1, 0.15) is 11.5 Å². The summed E-state index contributed by atoms with van der Waals surface area (Å²) in [7, 11) is 0. The summed E-state index contributed by atoms with van der Waals surface area (Å²) in [5.74, 6) is -2.48. The molecule has 2 unspecified atom stereocenters. The van der Waals surface area contributed by atoms with Gasteiger partial charge in [-0.25, -0.2) is 13.2 Å². The number of halogens is 3. The van der Waals surface area contributed by atoms with E-state index in [1.807, 2.05) is 6.92 Å². The quantitative estimate of drug-likeness (QED) is 0.781. The average Bonchev–Trinajstić information content (AvgIpc) is 2.38. The maximum atomic E-state index is 14.0. The molecule has 2 aliphatic heterocycles. The zero-order valence-corrected chi connectivity index (χ0v) is 11.6. The Kier molecular flexibility index (Phi) is 3.63. The molecule has 0 radical (unpaired) electrons. The van der Waals surface area contributed by atoms with Gasteiger partial charge in [-0.1, -0.05) is 6.42 Å². The van der Waals surface area contributed by atoms with E-state index in [-0.39, 0.29) is 11.7 Å². The van der Waals surface area contributed by atoms with Crippen molar-refractivity contribution in [3.05, 3.63) is 29.6 Å². The van der Waals surface area contributed by atoms with Crippen LogP contribution in [0.15, 0.2) is 12.1 Å². The molecular formula is C15H19F3N2. The van der Waals surface area contributed by atoms with E-state index < -0.39 is 17.5 Å². The minimum Gasteiger partial charge on any atom is -0.361 e. The van der Waals surface area contributed by atoms with Gasteiger partial charge in [-0.2, -0.15) is 0 Å². The van der Waals surface area contributed by atoms with Crippen molar-refractivity contribution in [2.75, 3.05) is 24.5 Å². The van der Waals surface area contributed by atoms with Crippen molar-refractivity contribution in [2.24, 2.45) is 0 Å². The molecule has 1 aromatic carbocycles. The number of hydrogen-bond acceptors (Lipinski definition) is 2. The molecule has 5 heteroatoms. The van der Waals surface area contributed by atoms with Crippen molar-refractivity contribution in [2.45, 2.75) is 38.3 Å². The van der Waals surface area contributed by atoms with Gasteiger partial charge in [0.15, 0.2) is 11.6 Å². The van der Waals surface area contributed by atoms with Crippen molar-refractivity contribution in [3.63, 3.8) is 0 Å². The lowest BCUT2D eigenvalue weighted by Gasteiger charge is -2.48. The van der Waals surface area contributed by atoms with Crippen molar-refractivity contribution in [3.8, 4) is 0 Å². The zero-order valence-electron chi connectivity index (χ0n) is 11.6. The summed E-state index contributed by atoms with van der Waals surface area (Å²) in [6.07, 6.45) is 3.42. The van der Waals surface area contributed by atoms with Gasteiger partial charge in [0.05, 0.1) is 0 Å². The number of piperidine rings is 1. The van der Waals surface area contributed by atoms with Crippen molar-refractivity contribution >= 4 is 5.69 Å². The number of piperazine rings is 1. The highest BCUT2D eigenvalue weighted by molar-refractivity contribution is 5.51. The van der Waals surface area contributed by atoms with Crippen molar-refractivity contribution in [1.82, 2.24) is 4.90 Å². The fraction of sp³-hybridized carbons (Fsp3) is 0.600. The first kappa shape index (κ1) is 13.7. The molecule has 0 spiro atoms. The van der Waals surface area contributed by atoms with Crippen LogP contribution in [0, 0.1) is 17.5 Å². The van der Waals surface area contributed by atoms with E-state index in [4.69, 9.17) is 0 Å². The zero-order chi connectivity index (χ0) is 14.3. The van der Waals surface area contributed by atoms with Crippen LogP contribution in [0.25, 0.3) is 0 Å². The van der Waals surface area contributed by atoms with E-state index in [0.29, 0.717) is 12.6 Å². The molecule has 0 aliphatic carbocycles. The van der Waals surface area contributed by atoms with Crippen LogP contribution in [-0.4, -0.2) is 36.6 Å². The van der Waals surface area contributed by atoms with Crippen LogP contribution in [0.2, 0.25) is 0 Å². The predicted octanol–water partition coefficient (Wildman–Crippen LogP) is 3.17. The van der Waals surface area contributed by atoms with Crippen LogP contribution >= 0.6 is 0 Å². The second-order valence-electron chi connectivity index (χ2n) is 5.86. The first-order chi connectivity index (χ1) is 9.56. The minimum absolute atomic E-state index is 0.0267. The van der Waals surface area contributed by atoms with E-state index in [0.717, 1.165) is 38.1 Å². The summed E-state index contributed by atoms with van der Waals surface area (Å²) in [5, 5.41) is 0. The second kappa shape index (κ2) is 5.28. The maximum absolute atomic E-state index is 14.0. The summed E-state index contributed by atoms with van der Waals surface area (Å²) in [5.41, 5.74) is -0.0795. The summed E-state index contributed by atoms with van der Waals surface area (Å²) in [4.78, 5) is 4.17. The molecule has 1 aromatic rings. The first-order valence-electron chi connectivity index (χ1n) is 7.21. The highest BCUT2D eigenvalue weighted by Crippen LogP contribution is 2.31. The molecule has 0 saturated carbocycles. The van der Waals surface area contributed by atoms with Gasteiger partial charge in [0.25, 0.3) is 0 Å². The Morgan fingerprint density at radius 1 is 1.05 bits per heavy atom. The van der Waals surface area contributed by atoms with E-state index in [1.165, 1.54) is 6.42 Å².